The second-order valence-electron chi connectivity index (χ2n) is 8.43. The van der Waals surface area contributed by atoms with Crippen LogP contribution in [0.15, 0.2) is 72.8 Å². The van der Waals surface area contributed by atoms with Crippen molar-refractivity contribution >= 4 is 5.91 Å². The van der Waals surface area contributed by atoms with Gasteiger partial charge in [-0.25, -0.2) is 0 Å². The number of amides is 1. The third kappa shape index (κ3) is 3.47. The van der Waals surface area contributed by atoms with Gasteiger partial charge < -0.3 is 10.1 Å². The molecule has 2 unspecified atom stereocenters. The quantitative estimate of drug-likeness (QED) is 0.663. The number of carbonyl (C=O) groups excluding carboxylic acids is 1. The lowest BCUT2D eigenvalue weighted by molar-refractivity contribution is -0.127. The predicted molar refractivity (Wildman–Crippen MR) is 119 cm³/mol. The molecule has 0 fully saturated rings. The van der Waals surface area contributed by atoms with Gasteiger partial charge in [0.1, 0.15) is 5.75 Å². The number of nitrogens with zero attached hydrogens (tertiary/aromatic N) is 1. The molecule has 2 atom stereocenters. The van der Waals surface area contributed by atoms with E-state index in [4.69, 9.17) is 10.00 Å². The normalized spacial score (nSPS) is 21.4. The number of hydrogen-bond donors (Lipinski definition) is 1. The Bertz CT molecular complexity index is 1110. The molecule has 0 radical (unpaired) electrons. The lowest BCUT2D eigenvalue weighted by Crippen LogP contribution is -2.43. The number of nitriles is 1. The summed E-state index contributed by atoms with van der Waals surface area (Å²) < 4.78 is 5.77. The zero-order valence-electron chi connectivity index (χ0n) is 17.4. The Morgan fingerprint density at radius 2 is 1.58 bits per heavy atom. The van der Waals surface area contributed by atoms with Crippen LogP contribution in [0.2, 0.25) is 0 Å². The van der Waals surface area contributed by atoms with E-state index in [0.717, 1.165) is 6.42 Å². The maximum Gasteiger partial charge on any atom is 0.260 e. The van der Waals surface area contributed by atoms with Gasteiger partial charge in [-0.2, -0.15) is 5.26 Å². The van der Waals surface area contributed by atoms with Gasteiger partial charge in [0.05, 0.1) is 11.6 Å². The van der Waals surface area contributed by atoms with E-state index in [1.54, 1.807) is 31.2 Å². The van der Waals surface area contributed by atoms with Crippen LogP contribution in [0.5, 0.6) is 5.75 Å². The summed E-state index contributed by atoms with van der Waals surface area (Å²) >= 11 is 0. The number of hydrogen-bond acceptors (Lipinski definition) is 3. The molecule has 3 aromatic rings. The molecule has 154 valence electrons. The topological polar surface area (TPSA) is 62.1 Å². The summed E-state index contributed by atoms with van der Waals surface area (Å²) in [5.74, 6) is 1.54. The van der Waals surface area contributed by atoms with Gasteiger partial charge in [0.15, 0.2) is 6.10 Å². The summed E-state index contributed by atoms with van der Waals surface area (Å²) in [4.78, 5) is 12.7. The predicted octanol–water partition coefficient (Wildman–Crippen LogP) is 4.74. The van der Waals surface area contributed by atoms with Gasteiger partial charge in [0.2, 0.25) is 0 Å². The Morgan fingerprint density at radius 3 is 2.16 bits per heavy atom. The summed E-state index contributed by atoms with van der Waals surface area (Å²) in [6.07, 6.45) is 0.442. The molecule has 1 N–H and O–H groups in total. The highest BCUT2D eigenvalue weighted by atomic mass is 16.5. The zero-order valence-corrected chi connectivity index (χ0v) is 17.4. The number of ether oxygens (including phenoxy) is 1. The van der Waals surface area contributed by atoms with Crippen molar-refractivity contribution in [2.45, 2.75) is 31.3 Å². The maximum atomic E-state index is 12.7. The second-order valence-corrected chi connectivity index (χ2v) is 8.43. The van der Waals surface area contributed by atoms with E-state index < -0.39 is 6.10 Å². The molecular weight excluding hydrogens is 384 g/mol. The molecule has 3 aliphatic rings. The average Bonchev–Trinajstić information content (AvgIpc) is 2.83. The van der Waals surface area contributed by atoms with E-state index in [1.807, 2.05) is 0 Å². The number of benzene rings is 3. The summed E-state index contributed by atoms with van der Waals surface area (Å²) in [5, 5.41) is 12.0. The van der Waals surface area contributed by atoms with Gasteiger partial charge in [0.25, 0.3) is 5.91 Å². The van der Waals surface area contributed by atoms with Crippen LogP contribution in [0.1, 0.15) is 53.0 Å². The monoisotopic (exact) mass is 408 g/mol. The highest BCUT2D eigenvalue weighted by Gasteiger charge is 2.42. The van der Waals surface area contributed by atoms with E-state index in [2.05, 4.69) is 59.9 Å². The smallest absolute Gasteiger partial charge is 0.260 e. The molecule has 0 aromatic heterocycles. The molecule has 0 aliphatic heterocycles. The van der Waals surface area contributed by atoms with Crippen molar-refractivity contribution in [2.75, 3.05) is 6.54 Å². The van der Waals surface area contributed by atoms with Crippen LogP contribution in [0.4, 0.5) is 0 Å². The van der Waals surface area contributed by atoms with Crippen molar-refractivity contribution in [1.82, 2.24) is 5.32 Å². The van der Waals surface area contributed by atoms with E-state index in [0.29, 0.717) is 35.6 Å². The molecule has 31 heavy (non-hydrogen) atoms. The molecule has 0 saturated heterocycles. The fraction of sp³-hybridized carbons (Fsp3) is 0.259. The van der Waals surface area contributed by atoms with Gasteiger partial charge in [-0.05, 0) is 65.8 Å². The van der Waals surface area contributed by atoms with Crippen molar-refractivity contribution in [3.8, 4) is 11.8 Å². The summed E-state index contributed by atoms with van der Waals surface area (Å²) in [7, 11) is 0. The highest BCUT2D eigenvalue weighted by Crippen LogP contribution is 2.55. The molecule has 6 rings (SSSR count). The SMILES string of the molecule is CC(Oc1ccc(C#N)cc1)C(=O)NCC1CC2c3ccccc3C1c1ccccc12. The minimum atomic E-state index is -0.603. The van der Waals surface area contributed by atoms with Gasteiger partial charge in [-0.3, -0.25) is 4.79 Å². The zero-order chi connectivity index (χ0) is 21.4. The molecule has 2 bridgehead atoms. The van der Waals surface area contributed by atoms with Crippen molar-refractivity contribution in [3.63, 3.8) is 0 Å². The van der Waals surface area contributed by atoms with Crippen molar-refractivity contribution in [3.05, 3.63) is 101 Å². The van der Waals surface area contributed by atoms with Gasteiger partial charge >= 0.3 is 0 Å². The standard InChI is InChI=1S/C27H24N2O2/c1-17(31-20-12-10-18(15-28)11-13-20)27(30)29-16-19-14-25-21-6-2-4-8-23(21)26(19)24-9-5-3-7-22(24)25/h2-13,17,19,25-26H,14,16H2,1H3,(H,29,30). The molecule has 0 spiro atoms. The first kappa shape index (κ1) is 19.4. The minimum Gasteiger partial charge on any atom is -0.481 e. The third-order valence-corrected chi connectivity index (χ3v) is 6.63. The Hall–Kier alpha value is -3.58. The van der Waals surface area contributed by atoms with Gasteiger partial charge in [-0.15, -0.1) is 0 Å². The third-order valence-electron chi connectivity index (χ3n) is 6.63. The number of fused-ring (bicyclic) bond motifs is 1. The van der Waals surface area contributed by atoms with Crippen LogP contribution in [0.25, 0.3) is 0 Å². The number of nitrogens with one attached hydrogen (secondary N) is 1. The fourth-order valence-corrected chi connectivity index (χ4v) is 5.20. The van der Waals surface area contributed by atoms with E-state index >= 15 is 0 Å². The number of rotatable bonds is 5. The van der Waals surface area contributed by atoms with Crippen molar-refractivity contribution in [2.24, 2.45) is 5.92 Å². The number of carbonyl (C=O) groups is 1. The average molecular weight is 409 g/mol. The molecule has 4 nitrogen and oxygen atoms in total. The summed E-state index contributed by atoms with van der Waals surface area (Å²) in [6, 6.07) is 26.4. The Kier molecular flexibility index (Phi) is 4.95. The van der Waals surface area contributed by atoms with Crippen LogP contribution in [-0.4, -0.2) is 18.6 Å². The van der Waals surface area contributed by atoms with E-state index in [1.165, 1.54) is 22.3 Å². The van der Waals surface area contributed by atoms with E-state index in [-0.39, 0.29) is 5.91 Å². The summed E-state index contributed by atoms with van der Waals surface area (Å²) in [5.41, 5.74) is 6.24. The van der Waals surface area contributed by atoms with Crippen LogP contribution in [-0.2, 0) is 4.79 Å². The van der Waals surface area contributed by atoms with E-state index in [9.17, 15) is 4.79 Å². The largest absolute Gasteiger partial charge is 0.481 e. The molecule has 3 aromatic carbocycles. The Morgan fingerprint density at radius 1 is 1.00 bits per heavy atom. The Balaban J connectivity index is 1.29. The first-order valence-corrected chi connectivity index (χ1v) is 10.8. The molecule has 4 heteroatoms. The van der Waals surface area contributed by atoms with Crippen LogP contribution < -0.4 is 10.1 Å². The van der Waals surface area contributed by atoms with Crippen LogP contribution in [0.3, 0.4) is 0 Å². The molecular formula is C27H24N2O2. The summed E-state index contributed by atoms with van der Waals surface area (Å²) in [6.45, 7) is 2.38. The van der Waals surface area contributed by atoms with Gasteiger partial charge in [-0.1, -0.05) is 48.5 Å². The van der Waals surface area contributed by atoms with Crippen molar-refractivity contribution < 1.29 is 9.53 Å². The second kappa shape index (κ2) is 7.92. The van der Waals surface area contributed by atoms with Crippen LogP contribution >= 0.6 is 0 Å². The highest BCUT2D eigenvalue weighted by molar-refractivity contribution is 5.80. The van der Waals surface area contributed by atoms with Crippen LogP contribution in [0, 0.1) is 17.2 Å². The first-order valence-electron chi connectivity index (χ1n) is 10.8. The Labute approximate surface area is 182 Å². The minimum absolute atomic E-state index is 0.118. The molecule has 1 amide bonds. The molecule has 0 saturated carbocycles. The fourth-order valence-electron chi connectivity index (χ4n) is 5.20. The van der Waals surface area contributed by atoms with Crippen molar-refractivity contribution in [1.29, 1.82) is 5.26 Å². The van der Waals surface area contributed by atoms with Gasteiger partial charge in [0, 0.05) is 18.4 Å². The lowest BCUT2D eigenvalue weighted by atomic mass is 9.59. The maximum absolute atomic E-state index is 12.7. The first-order chi connectivity index (χ1) is 15.2. The molecule has 3 aliphatic carbocycles. The molecule has 0 heterocycles. The lowest BCUT2D eigenvalue weighted by Gasteiger charge is -2.45.